The largest absolute Gasteiger partial charge is 0.478 e. The molecule has 2 unspecified atom stereocenters. The van der Waals surface area contributed by atoms with Crippen LogP contribution >= 0.6 is 0 Å². The Morgan fingerprint density at radius 2 is 0.833 bits per heavy atom. The van der Waals surface area contributed by atoms with Crippen LogP contribution in [0.5, 0.6) is 0 Å². The van der Waals surface area contributed by atoms with E-state index in [0.29, 0.717) is 12.8 Å². The zero-order valence-corrected chi connectivity index (χ0v) is 13.1. The average molecular weight is 338 g/mol. The topological polar surface area (TPSA) is 149 Å². The van der Waals surface area contributed by atoms with Gasteiger partial charge in [-0.15, -0.1) is 0 Å². The maximum atomic E-state index is 11.7. The molecule has 2 atom stereocenters. The Morgan fingerprint density at radius 3 is 0.958 bits per heavy atom. The fraction of sp³-hybridized carbons (Fsp3) is 0.500. The van der Waals surface area contributed by atoms with Crippen LogP contribution in [-0.2, 0) is 19.2 Å². The van der Waals surface area contributed by atoms with Gasteiger partial charge in [0.15, 0.2) is 0 Å². The maximum Gasteiger partial charge on any atom is 0.332 e. The smallest absolute Gasteiger partial charge is 0.332 e. The summed E-state index contributed by atoms with van der Waals surface area (Å²) in [5, 5.41) is 38.0. The molecular formula is C16H18O8. The van der Waals surface area contributed by atoms with Gasteiger partial charge in [0.2, 0.25) is 0 Å². The van der Waals surface area contributed by atoms with Crippen molar-refractivity contribution in [3.05, 3.63) is 22.3 Å². The highest BCUT2D eigenvalue weighted by Crippen LogP contribution is 2.56. The lowest BCUT2D eigenvalue weighted by Crippen LogP contribution is -2.49. The Morgan fingerprint density at radius 1 is 0.625 bits per heavy atom. The summed E-state index contributed by atoms with van der Waals surface area (Å²) in [7, 11) is 0. The summed E-state index contributed by atoms with van der Waals surface area (Å²) in [6, 6.07) is 0. The Kier molecular flexibility index (Phi) is 4.50. The SMILES string of the molecule is CCC1C2C(C(=O)O)=C(C(=O)O)C(C(C(=O)O)=C2C(=O)O)C1CC. The molecule has 0 amide bonds. The van der Waals surface area contributed by atoms with Gasteiger partial charge < -0.3 is 20.4 Å². The summed E-state index contributed by atoms with van der Waals surface area (Å²) in [5.74, 6) is -9.39. The van der Waals surface area contributed by atoms with Crippen molar-refractivity contribution in [2.24, 2.45) is 23.7 Å². The minimum absolute atomic E-state index is 0.424. The van der Waals surface area contributed by atoms with E-state index in [0.717, 1.165) is 0 Å². The lowest BCUT2D eigenvalue weighted by Gasteiger charge is -2.48. The Bertz CT molecular complexity index is 591. The number of hydrogen-bond acceptors (Lipinski definition) is 4. The second kappa shape index (κ2) is 6.10. The molecule has 24 heavy (non-hydrogen) atoms. The van der Waals surface area contributed by atoms with Crippen molar-refractivity contribution in [3.63, 3.8) is 0 Å². The Labute approximate surface area is 137 Å². The summed E-state index contributed by atoms with van der Waals surface area (Å²) in [6.45, 7) is 3.52. The number of carbonyl (C=O) groups is 4. The summed E-state index contributed by atoms with van der Waals surface area (Å²) >= 11 is 0. The monoisotopic (exact) mass is 338 g/mol. The van der Waals surface area contributed by atoms with Crippen molar-refractivity contribution >= 4 is 23.9 Å². The first-order chi connectivity index (χ1) is 11.2. The van der Waals surface area contributed by atoms with E-state index >= 15 is 0 Å². The molecule has 3 rings (SSSR count). The van der Waals surface area contributed by atoms with E-state index in [9.17, 15) is 39.6 Å². The molecular weight excluding hydrogens is 320 g/mol. The molecule has 0 aromatic carbocycles. The second-order valence-corrected chi connectivity index (χ2v) is 5.97. The van der Waals surface area contributed by atoms with Crippen molar-refractivity contribution in [2.75, 3.05) is 0 Å². The van der Waals surface area contributed by atoms with Gasteiger partial charge in [0.1, 0.15) is 0 Å². The van der Waals surface area contributed by atoms with Gasteiger partial charge >= 0.3 is 23.9 Å². The van der Waals surface area contributed by atoms with Gasteiger partial charge in [0.05, 0.1) is 22.3 Å². The number of carboxylic acids is 4. The van der Waals surface area contributed by atoms with Crippen LogP contribution in [0.3, 0.4) is 0 Å². The minimum atomic E-state index is -1.52. The van der Waals surface area contributed by atoms with Gasteiger partial charge in [-0.2, -0.15) is 0 Å². The van der Waals surface area contributed by atoms with Crippen LogP contribution in [0.15, 0.2) is 22.3 Å². The molecule has 0 saturated heterocycles. The molecule has 3 aliphatic carbocycles. The van der Waals surface area contributed by atoms with Crippen molar-refractivity contribution in [1.82, 2.24) is 0 Å². The van der Waals surface area contributed by atoms with Gasteiger partial charge in [0.25, 0.3) is 0 Å². The second-order valence-electron chi connectivity index (χ2n) is 5.97. The fourth-order valence-corrected chi connectivity index (χ4v) is 4.38. The predicted molar refractivity (Wildman–Crippen MR) is 79.1 cm³/mol. The molecule has 130 valence electrons. The molecule has 0 aromatic rings. The molecule has 3 aliphatic rings. The van der Waals surface area contributed by atoms with E-state index in [4.69, 9.17) is 0 Å². The Balaban J connectivity index is 2.92. The average Bonchev–Trinajstić information content (AvgIpc) is 2.50. The predicted octanol–water partition coefficient (Wildman–Crippen LogP) is 1.23. The van der Waals surface area contributed by atoms with E-state index in [1.165, 1.54) is 0 Å². The van der Waals surface area contributed by atoms with Gasteiger partial charge in [-0.1, -0.05) is 26.7 Å². The molecule has 8 nitrogen and oxygen atoms in total. The van der Waals surface area contributed by atoms with E-state index < -0.39 is 69.8 Å². The van der Waals surface area contributed by atoms with Crippen LogP contribution in [0.25, 0.3) is 0 Å². The highest BCUT2D eigenvalue weighted by molar-refractivity contribution is 6.09. The summed E-state index contributed by atoms with van der Waals surface area (Å²) in [6.07, 6.45) is 0.847. The zero-order valence-electron chi connectivity index (χ0n) is 13.1. The summed E-state index contributed by atoms with van der Waals surface area (Å²) < 4.78 is 0. The maximum absolute atomic E-state index is 11.7. The normalized spacial score (nSPS) is 28.9. The summed E-state index contributed by atoms with van der Waals surface area (Å²) in [4.78, 5) is 46.7. The van der Waals surface area contributed by atoms with Crippen molar-refractivity contribution in [1.29, 1.82) is 0 Å². The highest BCUT2D eigenvalue weighted by Gasteiger charge is 2.57. The molecule has 0 fully saturated rings. The van der Waals surface area contributed by atoms with Gasteiger partial charge in [-0.05, 0) is 11.8 Å². The molecule has 8 heteroatoms. The number of fused-ring (bicyclic) bond motifs is 1. The lowest BCUT2D eigenvalue weighted by molar-refractivity contribution is -0.142. The van der Waals surface area contributed by atoms with Crippen molar-refractivity contribution < 1.29 is 39.6 Å². The first-order valence-corrected chi connectivity index (χ1v) is 7.60. The van der Waals surface area contributed by atoms with Gasteiger partial charge in [-0.3, -0.25) is 0 Å². The van der Waals surface area contributed by atoms with E-state index in [2.05, 4.69) is 0 Å². The fourth-order valence-electron chi connectivity index (χ4n) is 4.38. The van der Waals surface area contributed by atoms with Crippen LogP contribution in [-0.4, -0.2) is 44.3 Å². The quantitative estimate of drug-likeness (QED) is 0.565. The van der Waals surface area contributed by atoms with Crippen LogP contribution < -0.4 is 0 Å². The standard InChI is InChI=1S/C16H18O8/c1-3-5-6(4-2)8-11(15(21)22)9(13(17)18)7(5)10(14(19)20)12(8)16(23)24/h5-8H,3-4H2,1-2H3,(H,17,18)(H,19,20)(H,21,22)(H,23,24). The molecule has 0 heterocycles. The molecule has 0 aromatic heterocycles. The van der Waals surface area contributed by atoms with Crippen LogP contribution in [0.4, 0.5) is 0 Å². The number of carboxylic acid groups (broad SMARTS) is 4. The number of hydrogen-bond donors (Lipinski definition) is 4. The number of rotatable bonds is 6. The lowest BCUT2D eigenvalue weighted by atomic mass is 9.52. The molecule has 4 N–H and O–H groups in total. The molecule has 0 radical (unpaired) electrons. The van der Waals surface area contributed by atoms with Crippen molar-refractivity contribution in [2.45, 2.75) is 26.7 Å². The first kappa shape index (κ1) is 17.7. The van der Waals surface area contributed by atoms with Gasteiger partial charge in [-0.25, -0.2) is 19.2 Å². The minimum Gasteiger partial charge on any atom is -0.478 e. The third-order valence-electron chi connectivity index (χ3n) is 5.10. The molecule has 0 saturated carbocycles. The van der Waals surface area contributed by atoms with Crippen molar-refractivity contribution in [3.8, 4) is 0 Å². The van der Waals surface area contributed by atoms with Crippen LogP contribution in [0, 0.1) is 23.7 Å². The third-order valence-corrected chi connectivity index (χ3v) is 5.10. The third kappa shape index (κ3) is 2.29. The van der Waals surface area contributed by atoms with E-state index in [1.807, 2.05) is 0 Å². The number of aliphatic carboxylic acids is 4. The zero-order chi connectivity index (χ0) is 18.3. The van der Waals surface area contributed by atoms with Gasteiger partial charge in [0, 0.05) is 11.8 Å². The Hall–Kier alpha value is -2.64. The molecule has 0 aliphatic heterocycles. The van der Waals surface area contributed by atoms with E-state index in [1.54, 1.807) is 13.8 Å². The molecule has 0 spiro atoms. The van der Waals surface area contributed by atoms with Crippen LogP contribution in [0.1, 0.15) is 26.7 Å². The molecule has 2 bridgehead atoms. The summed E-state index contributed by atoms with van der Waals surface area (Å²) in [5.41, 5.74) is -1.98. The van der Waals surface area contributed by atoms with Crippen LogP contribution in [0.2, 0.25) is 0 Å². The highest BCUT2D eigenvalue weighted by atomic mass is 16.4. The first-order valence-electron chi connectivity index (χ1n) is 7.60. The van der Waals surface area contributed by atoms with E-state index in [-0.39, 0.29) is 0 Å².